The van der Waals surface area contributed by atoms with Crippen molar-refractivity contribution >= 4 is 22.6 Å². The highest BCUT2D eigenvalue weighted by Gasteiger charge is 2.18. The third-order valence-corrected chi connectivity index (χ3v) is 4.09. The maximum absolute atomic E-state index is 12.4. The molecule has 8 heteroatoms. The molecule has 0 unspecified atom stereocenters. The van der Waals surface area contributed by atoms with Crippen LogP contribution in [0.25, 0.3) is 10.8 Å². The zero-order valence-electron chi connectivity index (χ0n) is 14.6. The first-order chi connectivity index (χ1) is 11.9. The van der Waals surface area contributed by atoms with E-state index in [0.29, 0.717) is 13.1 Å². The number of rotatable bonds is 6. The summed E-state index contributed by atoms with van der Waals surface area (Å²) in [7, 11) is 1.49. The van der Waals surface area contributed by atoms with Gasteiger partial charge in [0, 0.05) is 20.1 Å². The number of H-pyrrole nitrogens is 1. The number of carbonyl (C=O) groups excluding carboxylic acids is 2. The first kappa shape index (κ1) is 18.4. The third-order valence-electron chi connectivity index (χ3n) is 4.09. The summed E-state index contributed by atoms with van der Waals surface area (Å²) in [5.41, 5.74) is -0.892. The van der Waals surface area contributed by atoms with Gasteiger partial charge in [-0.25, -0.2) is 4.68 Å². The van der Waals surface area contributed by atoms with Gasteiger partial charge in [-0.05, 0) is 26.0 Å². The smallest absolute Gasteiger partial charge is 0.273 e. The second-order valence-electron chi connectivity index (χ2n) is 5.69. The summed E-state index contributed by atoms with van der Waals surface area (Å²) in [6.07, 6.45) is 0. The molecule has 0 bridgehead atoms. The summed E-state index contributed by atoms with van der Waals surface area (Å²) in [5, 5.41) is 2.94. The zero-order valence-corrected chi connectivity index (χ0v) is 14.6. The summed E-state index contributed by atoms with van der Waals surface area (Å²) in [6, 6.07) is 6.42. The van der Waals surface area contributed by atoms with Crippen molar-refractivity contribution in [1.29, 1.82) is 0 Å². The molecule has 2 rings (SSSR count). The Balaban J connectivity index is 2.19. The van der Waals surface area contributed by atoms with Crippen molar-refractivity contribution < 1.29 is 9.59 Å². The Morgan fingerprint density at radius 1 is 1.04 bits per heavy atom. The minimum Gasteiger partial charge on any atom is -0.342 e. The number of amides is 2. The summed E-state index contributed by atoms with van der Waals surface area (Å²) in [5.74, 6) is -0.603. The highest BCUT2D eigenvalue weighted by molar-refractivity contribution is 5.85. The summed E-state index contributed by atoms with van der Waals surface area (Å²) >= 11 is 0. The van der Waals surface area contributed by atoms with Gasteiger partial charge >= 0.3 is 0 Å². The van der Waals surface area contributed by atoms with Crippen molar-refractivity contribution in [2.75, 3.05) is 26.7 Å². The Bertz CT molecular complexity index is 895. The number of aromatic nitrogens is 2. The molecule has 0 aliphatic rings. The molecule has 0 aliphatic heterocycles. The number of likely N-dealkylation sites (N-methyl/N-ethyl adjacent to an activating group) is 2. The van der Waals surface area contributed by atoms with Gasteiger partial charge in [-0.1, -0.05) is 12.1 Å². The topological polar surface area (TPSA) is 95.5 Å². The summed E-state index contributed by atoms with van der Waals surface area (Å²) < 4.78 is 0.978. The molecule has 0 atom stereocenters. The van der Waals surface area contributed by atoms with Crippen molar-refractivity contribution in [3.05, 3.63) is 45.0 Å². The Labute approximate surface area is 144 Å². The van der Waals surface area contributed by atoms with E-state index in [0.717, 1.165) is 4.68 Å². The number of benzene rings is 1. The molecule has 8 nitrogen and oxygen atoms in total. The predicted octanol–water partition coefficient (Wildman–Crippen LogP) is 0.0166. The van der Waals surface area contributed by atoms with E-state index in [1.54, 1.807) is 29.2 Å². The molecule has 0 saturated carbocycles. The average Bonchev–Trinajstić information content (AvgIpc) is 2.60. The van der Waals surface area contributed by atoms with Crippen molar-refractivity contribution in [3.63, 3.8) is 0 Å². The highest BCUT2D eigenvalue weighted by atomic mass is 16.2. The van der Waals surface area contributed by atoms with Gasteiger partial charge in [0.05, 0.1) is 17.3 Å². The van der Waals surface area contributed by atoms with E-state index >= 15 is 0 Å². The standard InChI is InChI=1S/C17H22N4O4/c1-4-20(5-2)15(23)10-19(3)14(22)11-21-17(25)13-9-7-6-8-12(13)16(24)18-21/h6-9H,4-5,10-11H2,1-3H3,(H,18,24). The van der Waals surface area contributed by atoms with E-state index in [1.165, 1.54) is 11.9 Å². The summed E-state index contributed by atoms with van der Waals surface area (Å²) in [6.45, 7) is 4.45. The Morgan fingerprint density at radius 3 is 2.24 bits per heavy atom. The molecule has 0 aliphatic carbocycles. The van der Waals surface area contributed by atoms with Crippen LogP contribution >= 0.6 is 0 Å². The van der Waals surface area contributed by atoms with Crippen molar-refractivity contribution in [2.24, 2.45) is 0 Å². The van der Waals surface area contributed by atoms with Crippen molar-refractivity contribution in [2.45, 2.75) is 20.4 Å². The lowest BCUT2D eigenvalue weighted by Gasteiger charge is -2.23. The van der Waals surface area contributed by atoms with Gasteiger partial charge in [0.1, 0.15) is 6.54 Å². The molecule has 0 spiro atoms. The molecular weight excluding hydrogens is 324 g/mol. The molecular formula is C17H22N4O4. The van der Waals surface area contributed by atoms with Gasteiger partial charge < -0.3 is 9.80 Å². The maximum atomic E-state index is 12.4. The number of aromatic amines is 1. The van der Waals surface area contributed by atoms with E-state index in [4.69, 9.17) is 0 Å². The van der Waals surface area contributed by atoms with E-state index in [9.17, 15) is 19.2 Å². The lowest BCUT2D eigenvalue weighted by Crippen LogP contribution is -2.43. The van der Waals surface area contributed by atoms with E-state index in [-0.39, 0.29) is 29.8 Å². The number of hydrogen-bond acceptors (Lipinski definition) is 4. The molecule has 1 heterocycles. The van der Waals surface area contributed by atoms with Gasteiger partial charge in [0.25, 0.3) is 11.1 Å². The highest BCUT2D eigenvalue weighted by Crippen LogP contribution is 2.02. The third kappa shape index (κ3) is 3.96. The van der Waals surface area contributed by atoms with Crippen molar-refractivity contribution in [1.82, 2.24) is 19.6 Å². The second-order valence-corrected chi connectivity index (χ2v) is 5.69. The van der Waals surface area contributed by atoms with Crippen LogP contribution in [-0.4, -0.2) is 58.1 Å². The largest absolute Gasteiger partial charge is 0.342 e. The molecule has 1 N–H and O–H groups in total. The Hall–Kier alpha value is -2.90. The molecule has 2 amide bonds. The molecule has 2 aromatic rings. The van der Waals surface area contributed by atoms with Crippen LogP contribution in [0.2, 0.25) is 0 Å². The molecule has 1 aromatic carbocycles. The molecule has 0 radical (unpaired) electrons. The predicted molar refractivity (Wildman–Crippen MR) is 94.4 cm³/mol. The number of carbonyl (C=O) groups is 2. The van der Waals surface area contributed by atoms with Crippen LogP contribution in [0.15, 0.2) is 33.9 Å². The number of fused-ring (bicyclic) bond motifs is 1. The average molecular weight is 346 g/mol. The fourth-order valence-electron chi connectivity index (χ4n) is 2.58. The lowest BCUT2D eigenvalue weighted by atomic mass is 10.2. The SMILES string of the molecule is CCN(CC)C(=O)CN(C)C(=O)Cn1[nH]c(=O)c2ccccc2c1=O. The molecule has 134 valence electrons. The van der Waals surface area contributed by atoms with E-state index in [2.05, 4.69) is 5.10 Å². The van der Waals surface area contributed by atoms with Crippen LogP contribution in [0.5, 0.6) is 0 Å². The van der Waals surface area contributed by atoms with Crippen LogP contribution in [0.1, 0.15) is 13.8 Å². The van der Waals surface area contributed by atoms with Gasteiger partial charge in [-0.15, -0.1) is 0 Å². The van der Waals surface area contributed by atoms with Crippen LogP contribution in [0.3, 0.4) is 0 Å². The minimum absolute atomic E-state index is 0.0763. The lowest BCUT2D eigenvalue weighted by molar-refractivity contribution is -0.139. The van der Waals surface area contributed by atoms with Gasteiger partial charge in [0.15, 0.2) is 0 Å². The number of hydrogen-bond donors (Lipinski definition) is 1. The Kier molecular flexibility index (Phi) is 5.74. The Morgan fingerprint density at radius 2 is 1.64 bits per heavy atom. The monoisotopic (exact) mass is 346 g/mol. The van der Waals surface area contributed by atoms with Crippen LogP contribution in [-0.2, 0) is 16.1 Å². The van der Waals surface area contributed by atoms with E-state index < -0.39 is 17.0 Å². The van der Waals surface area contributed by atoms with Crippen LogP contribution < -0.4 is 11.1 Å². The van der Waals surface area contributed by atoms with Gasteiger partial charge in [-0.2, -0.15) is 0 Å². The number of nitrogens with zero attached hydrogens (tertiary/aromatic N) is 3. The second kappa shape index (κ2) is 7.78. The molecule has 1 aromatic heterocycles. The normalized spacial score (nSPS) is 10.7. The summed E-state index contributed by atoms with van der Waals surface area (Å²) in [4.78, 5) is 51.7. The maximum Gasteiger partial charge on any atom is 0.273 e. The minimum atomic E-state index is -0.452. The fraction of sp³-hybridized carbons (Fsp3) is 0.412. The molecule has 25 heavy (non-hydrogen) atoms. The van der Waals surface area contributed by atoms with Crippen molar-refractivity contribution in [3.8, 4) is 0 Å². The first-order valence-electron chi connectivity index (χ1n) is 8.12. The fourth-order valence-corrected chi connectivity index (χ4v) is 2.58. The molecule has 0 fully saturated rings. The van der Waals surface area contributed by atoms with Crippen LogP contribution in [0, 0.1) is 0 Å². The first-order valence-corrected chi connectivity index (χ1v) is 8.12. The van der Waals surface area contributed by atoms with Crippen LogP contribution in [0.4, 0.5) is 0 Å². The zero-order chi connectivity index (χ0) is 18.6. The van der Waals surface area contributed by atoms with Gasteiger partial charge in [0.2, 0.25) is 11.8 Å². The van der Waals surface area contributed by atoms with E-state index in [1.807, 2.05) is 13.8 Å². The number of nitrogens with one attached hydrogen (secondary N) is 1. The van der Waals surface area contributed by atoms with Gasteiger partial charge in [-0.3, -0.25) is 24.3 Å². The molecule has 0 saturated heterocycles. The quantitative estimate of drug-likeness (QED) is 0.797.